The molecular weight excluding hydrogens is 152 g/mol. The summed E-state index contributed by atoms with van der Waals surface area (Å²) < 4.78 is 0. The molecule has 0 unspecified atom stereocenters. The van der Waals surface area contributed by atoms with Crippen LogP contribution < -0.4 is 0 Å². The molecule has 2 heteroatoms. The number of aliphatic hydroxyl groups is 1. The van der Waals surface area contributed by atoms with E-state index >= 15 is 0 Å². The van der Waals surface area contributed by atoms with Crippen molar-refractivity contribution in [2.24, 2.45) is 5.41 Å². The summed E-state index contributed by atoms with van der Waals surface area (Å²) in [6, 6.07) is 0. The molecule has 0 fully saturated rings. The van der Waals surface area contributed by atoms with Crippen molar-refractivity contribution in [3.8, 4) is 0 Å². The average molecular weight is 168 g/mol. The van der Waals surface area contributed by atoms with Crippen LogP contribution in [0.3, 0.4) is 0 Å². The molecule has 0 atom stereocenters. The van der Waals surface area contributed by atoms with Gasteiger partial charge in [-0.15, -0.1) is 0 Å². The molecule has 1 N–H and O–H groups in total. The number of Topliss-reactive ketones (excluding diaryl/α,β-unsaturated/α-hetero) is 1. The van der Waals surface area contributed by atoms with Crippen LogP contribution in [0.15, 0.2) is 11.3 Å². The molecule has 0 spiro atoms. The first kappa shape index (κ1) is 9.30. The number of carbonyl (C=O) groups is 1. The number of carbonyl (C=O) groups excluding carboxylic acids is 1. The second kappa shape index (κ2) is 2.92. The largest absolute Gasteiger partial charge is 0.512 e. The lowest BCUT2D eigenvalue weighted by molar-refractivity contribution is -0.118. The molecule has 0 saturated carbocycles. The Kier molecular flexibility index (Phi) is 2.27. The Morgan fingerprint density at radius 3 is 2.42 bits per heavy atom. The summed E-state index contributed by atoms with van der Waals surface area (Å²) in [4.78, 5) is 11.4. The summed E-state index contributed by atoms with van der Waals surface area (Å²) in [5, 5.41) is 9.53. The van der Waals surface area contributed by atoms with E-state index in [1.807, 2.05) is 20.8 Å². The molecular formula is C10H16O2. The maximum Gasteiger partial charge on any atom is 0.162 e. The van der Waals surface area contributed by atoms with Crippen molar-refractivity contribution in [1.29, 1.82) is 0 Å². The summed E-state index contributed by atoms with van der Waals surface area (Å²) in [6.45, 7) is 5.92. The van der Waals surface area contributed by atoms with Gasteiger partial charge in [0.15, 0.2) is 5.78 Å². The normalized spacial score (nSPS) is 23.1. The summed E-state index contributed by atoms with van der Waals surface area (Å²) in [5.74, 6) is 0.421. The minimum atomic E-state index is -0.0557. The molecule has 0 saturated heterocycles. The number of allylic oxidation sites excluding steroid dienone is 2. The first-order valence-corrected chi connectivity index (χ1v) is 4.40. The number of ketones is 1. The van der Waals surface area contributed by atoms with E-state index in [0.717, 1.165) is 0 Å². The fourth-order valence-corrected chi connectivity index (χ4v) is 1.73. The monoisotopic (exact) mass is 168 g/mol. The second-order valence-corrected chi connectivity index (χ2v) is 4.22. The SMILES string of the molecule is CCC1=C(O)CC(C)(C)CC1=O. The Morgan fingerprint density at radius 1 is 1.42 bits per heavy atom. The zero-order chi connectivity index (χ0) is 9.35. The Labute approximate surface area is 73.3 Å². The van der Waals surface area contributed by atoms with Crippen LogP contribution in [-0.4, -0.2) is 10.9 Å². The van der Waals surface area contributed by atoms with E-state index in [0.29, 0.717) is 30.6 Å². The Hall–Kier alpha value is -0.790. The van der Waals surface area contributed by atoms with Crippen molar-refractivity contribution in [2.75, 3.05) is 0 Å². The van der Waals surface area contributed by atoms with E-state index in [-0.39, 0.29) is 11.2 Å². The zero-order valence-electron chi connectivity index (χ0n) is 7.98. The lowest BCUT2D eigenvalue weighted by Crippen LogP contribution is -2.25. The van der Waals surface area contributed by atoms with Gasteiger partial charge in [0.05, 0.1) is 5.76 Å². The average Bonchev–Trinajstić information content (AvgIpc) is 1.82. The zero-order valence-corrected chi connectivity index (χ0v) is 7.98. The number of hydrogen-bond donors (Lipinski definition) is 1. The molecule has 0 heterocycles. The third kappa shape index (κ3) is 1.68. The van der Waals surface area contributed by atoms with Crippen LogP contribution in [0.5, 0.6) is 0 Å². The van der Waals surface area contributed by atoms with Gasteiger partial charge in [-0.25, -0.2) is 0 Å². The lowest BCUT2D eigenvalue weighted by Gasteiger charge is -2.29. The van der Waals surface area contributed by atoms with Crippen molar-refractivity contribution in [2.45, 2.75) is 40.0 Å². The highest BCUT2D eigenvalue weighted by molar-refractivity contribution is 5.97. The predicted octanol–water partition coefficient (Wildman–Crippen LogP) is 2.60. The predicted molar refractivity (Wildman–Crippen MR) is 48.0 cm³/mol. The van der Waals surface area contributed by atoms with E-state index < -0.39 is 0 Å². The minimum absolute atomic E-state index is 0.0557. The summed E-state index contributed by atoms with van der Waals surface area (Å²) in [7, 11) is 0. The van der Waals surface area contributed by atoms with Crippen LogP contribution in [0.25, 0.3) is 0 Å². The van der Waals surface area contributed by atoms with Gasteiger partial charge in [0, 0.05) is 18.4 Å². The molecule has 2 nitrogen and oxygen atoms in total. The molecule has 0 aliphatic heterocycles. The van der Waals surface area contributed by atoms with E-state index in [9.17, 15) is 9.90 Å². The van der Waals surface area contributed by atoms with Crippen molar-refractivity contribution >= 4 is 5.78 Å². The van der Waals surface area contributed by atoms with Gasteiger partial charge in [-0.2, -0.15) is 0 Å². The highest BCUT2D eigenvalue weighted by Gasteiger charge is 2.31. The number of rotatable bonds is 1. The Bertz CT molecular complexity index is 236. The van der Waals surface area contributed by atoms with E-state index in [4.69, 9.17) is 0 Å². The standard InChI is InChI=1S/C10H16O2/c1-4-7-8(11)5-10(2,3)6-9(7)12/h11H,4-6H2,1-3H3. The second-order valence-electron chi connectivity index (χ2n) is 4.22. The molecule has 1 rings (SSSR count). The molecule has 1 aliphatic carbocycles. The van der Waals surface area contributed by atoms with Crippen molar-refractivity contribution in [1.82, 2.24) is 0 Å². The van der Waals surface area contributed by atoms with Crippen LogP contribution in [0.1, 0.15) is 40.0 Å². The smallest absolute Gasteiger partial charge is 0.162 e. The highest BCUT2D eigenvalue weighted by atomic mass is 16.3. The molecule has 0 bridgehead atoms. The summed E-state index contributed by atoms with van der Waals surface area (Å²) in [6.07, 6.45) is 1.86. The van der Waals surface area contributed by atoms with Crippen LogP contribution in [0, 0.1) is 5.41 Å². The molecule has 0 aromatic heterocycles. The van der Waals surface area contributed by atoms with Crippen LogP contribution in [-0.2, 0) is 4.79 Å². The fraction of sp³-hybridized carbons (Fsp3) is 0.700. The van der Waals surface area contributed by atoms with E-state index in [2.05, 4.69) is 0 Å². The molecule has 0 radical (unpaired) electrons. The molecule has 0 amide bonds. The quantitative estimate of drug-likeness (QED) is 0.653. The van der Waals surface area contributed by atoms with Gasteiger partial charge in [0.2, 0.25) is 0 Å². The maximum absolute atomic E-state index is 11.4. The number of hydrogen-bond acceptors (Lipinski definition) is 2. The van der Waals surface area contributed by atoms with E-state index in [1.54, 1.807) is 0 Å². The Balaban J connectivity index is 2.95. The van der Waals surface area contributed by atoms with Crippen molar-refractivity contribution in [3.05, 3.63) is 11.3 Å². The first-order valence-electron chi connectivity index (χ1n) is 4.40. The van der Waals surface area contributed by atoms with Crippen molar-refractivity contribution in [3.63, 3.8) is 0 Å². The van der Waals surface area contributed by atoms with Gasteiger partial charge >= 0.3 is 0 Å². The molecule has 12 heavy (non-hydrogen) atoms. The molecule has 0 aromatic carbocycles. The van der Waals surface area contributed by atoms with E-state index in [1.165, 1.54) is 0 Å². The first-order chi connectivity index (χ1) is 5.46. The fourth-order valence-electron chi connectivity index (χ4n) is 1.73. The van der Waals surface area contributed by atoms with Gasteiger partial charge in [-0.1, -0.05) is 20.8 Å². The lowest BCUT2D eigenvalue weighted by atomic mass is 9.76. The van der Waals surface area contributed by atoms with Gasteiger partial charge in [0.1, 0.15) is 0 Å². The molecule has 0 aromatic rings. The van der Waals surface area contributed by atoms with Gasteiger partial charge in [-0.05, 0) is 11.8 Å². The van der Waals surface area contributed by atoms with Crippen LogP contribution >= 0.6 is 0 Å². The van der Waals surface area contributed by atoms with Gasteiger partial charge < -0.3 is 5.11 Å². The highest BCUT2D eigenvalue weighted by Crippen LogP contribution is 2.36. The maximum atomic E-state index is 11.4. The van der Waals surface area contributed by atoms with Crippen LogP contribution in [0.2, 0.25) is 0 Å². The summed E-state index contributed by atoms with van der Waals surface area (Å²) >= 11 is 0. The topological polar surface area (TPSA) is 37.3 Å². The third-order valence-electron chi connectivity index (χ3n) is 2.32. The summed E-state index contributed by atoms with van der Waals surface area (Å²) in [5.41, 5.74) is 0.578. The van der Waals surface area contributed by atoms with Gasteiger partial charge in [-0.3, -0.25) is 4.79 Å². The number of aliphatic hydroxyl groups excluding tert-OH is 1. The van der Waals surface area contributed by atoms with Crippen molar-refractivity contribution < 1.29 is 9.90 Å². The van der Waals surface area contributed by atoms with Gasteiger partial charge in [0.25, 0.3) is 0 Å². The molecule has 1 aliphatic rings. The Morgan fingerprint density at radius 2 is 2.00 bits per heavy atom. The van der Waals surface area contributed by atoms with Crippen LogP contribution in [0.4, 0.5) is 0 Å². The third-order valence-corrected chi connectivity index (χ3v) is 2.32. The minimum Gasteiger partial charge on any atom is -0.512 e. The molecule has 68 valence electrons.